The number of aliphatic hydroxyl groups excluding tert-OH is 1. The summed E-state index contributed by atoms with van der Waals surface area (Å²) in [6, 6.07) is 3.59. The molecule has 0 aliphatic heterocycles. The number of nitrogens with zero attached hydrogens (tertiary/aromatic N) is 2. The third-order valence-corrected chi connectivity index (χ3v) is 3.26. The zero-order valence-electron chi connectivity index (χ0n) is 8.84. The predicted octanol–water partition coefficient (Wildman–Crippen LogP) is 0.583. The van der Waals surface area contributed by atoms with Gasteiger partial charge in [-0.3, -0.25) is 0 Å². The first kappa shape index (κ1) is 12.1. The number of aliphatic hydroxyl groups is 1. The second kappa shape index (κ2) is 5.77. The van der Waals surface area contributed by atoms with Crippen LogP contribution in [0.4, 0.5) is 11.6 Å². The highest BCUT2D eigenvalue weighted by atomic mass is 32.2. The van der Waals surface area contributed by atoms with Crippen molar-refractivity contribution < 1.29 is 5.11 Å². The van der Waals surface area contributed by atoms with E-state index >= 15 is 0 Å². The van der Waals surface area contributed by atoms with Gasteiger partial charge in [0.05, 0.1) is 6.61 Å². The second-order valence-corrected chi connectivity index (χ2v) is 4.31. The summed E-state index contributed by atoms with van der Waals surface area (Å²) < 4.78 is 0. The molecule has 6 heteroatoms. The first-order valence-electron chi connectivity index (χ1n) is 4.66. The fraction of sp³-hybridized carbons (Fsp3) is 0.556. The van der Waals surface area contributed by atoms with E-state index in [1.165, 1.54) is 0 Å². The maximum atomic E-state index is 9.10. The van der Waals surface area contributed by atoms with Gasteiger partial charge >= 0.3 is 0 Å². The van der Waals surface area contributed by atoms with Crippen LogP contribution in [0.15, 0.2) is 12.1 Å². The number of aromatic nitrogens is 2. The predicted molar refractivity (Wildman–Crippen MR) is 63.9 cm³/mol. The van der Waals surface area contributed by atoms with Crippen LogP contribution >= 0.6 is 11.8 Å². The third kappa shape index (κ3) is 3.56. The van der Waals surface area contributed by atoms with E-state index < -0.39 is 0 Å². The third-order valence-electron chi connectivity index (χ3n) is 2.10. The summed E-state index contributed by atoms with van der Waals surface area (Å²) in [7, 11) is 0. The number of hydrogen-bond acceptors (Lipinski definition) is 6. The van der Waals surface area contributed by atoms with Gasteiger partial charge in [0.15, 0.2) is 0 Å². The molecule has 0 fully saturated rings. The van der Waals surface area contributed by atoms with E-state index in [4.69, 9.17) is 10.8 Å². The van der Waals surface area contributed by atoms with Crippen molar-refractivity contribution in [3.63, 3.8) is 0 Å². The minimum absolute atomic E-state index is 0.128. The molecular formula is C9H16N4OS. The van der Waals surface area contributed by atoms with E-state index in [1.807, 2.05) is 13.2 Å². The summed E-state index contributed by atoms with van der Waals surface area (Å²) in [6.07, 6.45) is 1.97. The summed E-state index contributed by atoms with van der Waals surface area (Å²) in [4.78, 5) is 0. The fourth-order valence-corrected chi connectivity index (χ4v) is 1.81. The summed E-state index contributed by atoms with van der Waals surface area (Å²) in [5.41, 5.74) is 5.42. The lowest BCUT2D eigenvalue weighted by Gasteiger charge is -2.21. The monoisotopic (exact) mass is 228 g/mol. The molecule has 2 atom stereocenters. The van der Waals surface area contributed by atoms with E-state index in [2.05, 4.69) is 15.5 Å². The van der Waals surface area contributed by atoms with Crippen LogP contribution < -0.4 is 11.1 Å². The molecule has 84 valence electrons. The van der Waals surface area contributed by atoms with Gasteiger partial charge in [0, 0.05) is 11.3 Å². The molecule has 0 bridgehead atoms. The number of nitrogens with one attached hydrogen (secondary N) is 1. The highest BCUT2D eigenvalue weighted by molar-refractivity contribution is 7.99. The maximum Gasteiger partial charge on any atom is 0.149 e. The zero-order valence-corrected chi connectivity index (χ0v) is 9.66. The number of hydrogen-bond donors (Lipinski definition) is 3. The molecule has 0 aliphatic rings. The van der Waals surface area contributed by atoms with Crippen LogP contribution in [0.3, 0.4) is 0 Å². The number of anilines is 2. The van der Waals surface area contributed by atoms with Crippen molar-refractivity contribution in [2.24, 2.45) is 0 Å². The van der Waals surface area contributed by atoms with Gasteiger partial charge in [-0.1, -0.05) is 0 Å². The molecule has 0 saturated heterocycles. The van der Waals surface area contributed by atoms with Crippen molar-refractivity contribution in [2.75, 3.05) is 23.9 Å². The van der Waals surface area contributed by atoms with Crippen molar-refractivity contribution in [3.05, 3.63) is 12.1 Å². The van der Waals surface area contributed by atoms with E-state index in [-0.39, 0.29) is 17.9 Å². The summed E-state index contributed by atoms with van der Waals surface area (Å²) in [6.45, 7) is 2.13. The zero-order chi connectivity index (χ0) is 11.3. The van der Waals surface area contributed by atoms with Gasteiger partial charge in [0.2, 0.25) is 0 Å². The lowest BCUT2D eigenvalue weighted by atomic mass is 10.2. The van der Waals surface area contributed by atoms with E-state index in [1.54, 1.807) is 23.9 Å². The molecule has 1 rings (SSSR count). The number of rotatable bonds is 5. The highest BCUT2D eigenvalue weighted by Gasteiger charge is 2.15. The Morgan fingerprint density at radius 2 is 2.27 bits per heavy atom. The highest BCUT2D eigenvalue weighted by Crippen LogP contribution is 2.14. The summed E-state index contributed by atoms with van der Waals surface area (Å²) >= 11 is 1.62. The molecule has 1 heterocycles. The molecule has 15 heavy (non-hydrogen) atoms. The van der Waals surface area contributed by atoms with Crippen LogP contribution in [0.2, 0.25) is 0 Å². The van der Waals surface area contributed by atoms with Gasteiger partial charge in [-0.25, -0.2) is 0 Å². The molecule has 1 aromatic rings. The molecule has 0 spiro atoms. The fourth-order valence-electron chi connectivity index (χ4n) is 1.18. The maximum absolute atomic E-state index is 9.10. The average molecular weight is 228 g/mol. The van der Waals surface area contributed by atoms with Gasteiger partial charge in [-0.15, -0.1) is 10.2 Å². The average Bonchev–Trinajstić information content (AvgIpc) is 2.23. The summed E-state index contributed by atoms with van der Waals surface area (Å²) in [5, 5.41) is 20.0. The topological polar surface area (TPSA) is 84.1 Å². The molecule has 0 saturated carbocycles. The van der Waals surface area contributed by atoms with Crippen LogP contribution in [0.5, 0.6) is 0 Å². The minimum Gasteiger partial charge on any atom is -0.395 e. The Labute approximate surface area is 93.5 Å². The van der Waals surface area contributed by atoms with Crippen LogP contribution in [-0.2, 0) is 0 Å². The van der Waals surface area contributed by atoms with Gasteiger partial charge in [-0.2, -0.15) is 11.8 Å². The van der Waals surface area contributed by atoms with Gasteiger partial charge < -0.3 is 16.2 Å². The van der Waals surface area contributed by atoms with Crippen molar-refractivity contribution >= 4 is 23.4 Å². The van der Waals surface area contributed by atoms with Gasteiger partial charge in [-0.05, 0) is 25.3 Å². The smallest absolute Gasteiger partial charge is 0.149 e. The van der Waals surface area contributed by atoms with Gasteiger partial charge in [0.1, 0.15) is 11.6 Å². The SMILES string of the molecule is CSC(CO)C(C)Nc1ccc(N)nn1. The first-order valence-corrected chi connectivity index (χ1v) is 5.95. The van der Waals surface area contributed by atoms with Crippen LogP contribution in [-0.4, -0.2) is 39.5 Å². The Morgan fingerprint density at radius 3 is 2.73 bits per heavy atom. The van der Waals surface area contributed by atoms with E-state index in [0.717, 1.165) is 0 Å². The molecule has 0 aliphatic carbocycles. The van der Waals surface area contributed by atoms with Crippen molar-refractivity contribution in [1.82, 2.24) is 10.2 Å². The largest absolute Gasteiger partial charge is 0.395 e. The molecule has 5 nitrogen and oxygen atoms in total. The minimum atomic E-state index is 0.128. The molecule has 0 amide bonds. The molecule has 0 radical (unpaired) electrons. The Kier molecular flexibility index (Phi) is 4.64. The van der Waals surface area contributed by atoms with Crippen LogP contribution in [0.1, 0.15) is 6.92 Å². The molecule has 4 N–H and O–H groups in total. The van der Waals surface area contributed by atoms with E-state index in [0.29, 0.717) is 11.6 Å². The number of thioether (sulfide) groups is 1. The van der Waals surface area contributed by atoms with Gasteiger partial charge in [0.25, 0.3) is 0 Å². The first-order chi connectivity index (χ1) is 7.17. The number of nitrogen functional groups attached to an aromatic ring is 1. The van der Waals surface area contributed by atoms with Crippen molar-refractivity contribution in [1.29, 1.82) is 0 Å². The Hall–Kier alpha value is -1.01. The Bertz CT molecular complexity index is 289. The standard InChI is InChI=1S/C9H16N4OS/c1-6(7(5-14)15-2)11-9-4-3-8(10)12-13-9/h3-4,6-7,14H,5H2,1-2H3,(H2,10,12)(H,11,13). The molecule has 0 aromatic carbocycles. The molecule has 1 aromatic heterocycles. The van der Waals surface area contributed by atoms with Crippen LogP contribution in [0.25, 0.3) is 0 Å². The van der Waals surface area contributed by atoms with Crippen molar-refractivity contribution in [3.8, 4) is 0 Å². The van der Waals surface area contributed by atoms with E-state index in [9.17, 15) is 0 Å². The normalized spacial score (nSPS) is 14.6. The lowest BCUT2D eigenvalue weighted by molar-refractivity contribution is 0.288. The molecular weight excluding hydrogens is 212 g/mol. The van der Waals surface area contributed by atoms with Crippen LogP contribution in [0, 0.1) is 0 Å². The lowest BCUT2D eigenvalue weighted by Crippen LogP contribution is -2.31. The van der Waals surface area contributed by atoms with Crippen molar-refractivity contribution in [2.45, 2.75) is 18.2 Å². The Morgan fingerprint density at radius 1 is 1.53 bits per heavy atom. The Balaban J connectivity index is 2.57. The quantitative estimate of drug-likeness (QED) is 0.684. The summed E-state index contributed by atoms with van der Waals surface area (Å²) in [5.74, 6) is 1.07. The number of nitrogens with two attached hydrogens (primary N) is 1. The molecule has 2 unspecified atom stereocenters. The second-order valence-electron chi connectivity index (χ2n) is 3.23.